The molecule has 0 bridgehead atoms. The average Bonchev–Trinajstić information content (AvgIpc) is 2.48. The first-order valence-corrected chi connectivity index (χ1v) is 6.41. The predicted octanol–water partition coefficient (Wildman–Crippen LogP) is 3.07. The molecule has 96 valence electrons. The lowest BCUT2D eigenvalue weighted by Gasteiger charge is -2.38. The van der Waals surface area contributed by atoms with Crippen LogP contribution in [0.1, 0.15) is 29.3 Å². The number of hydrogen-bond donors (Lipinski definition) is 1. The summed E-state index contributed by atoms with van der Waals surface area (Å²) in [6.45, 7) is 2.00. The normalized spacial score (nSPS) is 21.2. The smallest absolute Gasteiger partial charge is 0.258 e. The van der Waals surface area contributed by atoms with Crippen LogP contribution in [0.2, 0.25) is 0 Å². The van der Waals surface area contributed by atoms with Crippen LogP contribution < -0.4 is 10.1 Å². The maximum absolute atomic E-state index is 12.2. The lowest BCUT2D eigenvalue weighted by Crippen LogP contribution is -2.53. The van der Waals surface area contributed by atoms with E-state index in [-0.39, 0.29) is 5.91 Å². The van der Waals surface area contributed by atoms with Crippen molar-refractivity contribution >= 4 is 5.91 Å². The highest BCUT2D eigenvalue weighted by Crippen LogP contribution is 2.35. The van der Waals surface area contributed by atoms with E-state index in [1.54, 1.807) is 6.07 Å². The predicted molar refractivity (Wildman–Crippen MR) is 72.9 cm³/mol. The van der Waals surface area contributed by atoms with Gasteiger partial charge >= 0.3 is 0 Å². The van der Waals surface area contributed by atoms with Crippen molar-refractivity contribution in [3.63, 3.8) is 0 Å². The van der Waals surface area contributed by atoms with Crippen molar-refractivity contribution in [2.24, 2.45) is 0 Å². The fraction of sp³-hybridized carbons (Fsp3) is 0.188. The van der Waals surface area contributed by atoms with Crippen LogP contribution in [0.15, 0.2) is 54.6 Å². The zero-order chi connectivity index (χ0) is 13.3. The summed E-state index contributed by atoms with van der Waals surface area (Å²) in [7, 11) is 0. The second kappa shape index (κ2) is 4.43. The molecule has 1 aliphatic heterocycles. The van der Waals surface area contributed by atoms with Crippen LogP contribution in [0.5, 0.6) is 5.75 Å². The fourth-order valence-electron chi connectivity index (χ4n) is 2.41. The molecule has 1 unspecified atom stereocenters. The van der Waals surface area contributed by atoms with E-state index in [0.717, 1.165) is 5.56 Å². The van der Waals surface area contributed by atoms with Crippen molar-refractivity contribution in [3.05, 3.63) is 65.7 Å². The molecule has 0 spiro atoms. The molecule has 0 aliphatic carbocycles. The van der Waals surface area contributed by atoms with Crippen molar-refractivity contribution in [3.8, 4) is 5.75 Å². The highest BCUT2D eigenvalue weighted by molar-refractivity contribution is 5.98. The Balaban J connectivity index is 2.09. The number of hydrogen-bond acceptors (Lipinski definition) is 2. The number of nitrogens with one attached hydrogen (secondary N) is 1. The third-order valence-electron chi connectivity index (χ3n) is 3.47. The Morgan fingerprint density at radius 3 is 2.47 bits per heavy atom. The van der Waals surface area contributed by atoms with Gasteiger partial charge in [-0.15, -0.1) is 0 Å². The van der Waals surface area contributed by atoms with Gasteiger partial charge < -0.3 is 10.1 Å². The van der Waals surface area contributed by atoms with Gasteiger partial charge in [-0.25, -0.2) is 0 Å². The molecule has 19 heavy (non-hydrogen) atoms. The number of carbonyl (C=O) groups excluding carboxylic acids is 1. The van der Waals surface area contributed by atoms with Gasteiger partial charge in [-0.1, -0.05) is 49.4 Å². The van der Waals surface area contributed by atoms with Gasteiger partial charge in [-0.3, -0.25) is 4.79 Å². The largest absolute Gasteiger partial charge is 0.463 e. The van der Waals surface area contributed by atoms with Crippen LogP contribution in [0, 0.1) is 0 Å². The molecule has 3 rings (SSSR count). The Morgan fingerprint density at radius 1 is 1.05 bits per heavy atom. The molecule has 0 radical (unpaired) electrons. The van der Waals surface area contributed by atoms with Gasteiger partial charge in [0.2, 0.25) is 5.72 Å². The molecule has 1 aliphatic rings. The third kappa shape index (κ3) is 1.87. The minimum atomic E-state index is -0.771. The van der Waals surface area contributed by atoms with Gasteiger partial charge in [0, 0.05) is 12.0 Å². The summed E-state index contributed by atoms with van der Waals surface area (Å²) in [6, 6.07) is 17.1. The van der Waals surface area contributed by atoms with E-state index in [0.29, 0.717) is 17.7 Å². The standard InChI is InChI=1S/C16H15NO2/c1-2-16(12-8-4-3-5-9-12)17-15(18)13-10-6-7-11-14(13)19-16/h3-11H,2H2,1H3,(H,17,18). The van der Waals surface area contributed by atoms with E-state index in [2.05, 4.69) is 5.32 Å². The minimum Gasteiger partial charge on any atom is -0.463 e. The first kappa shape index (κ1) is 11.8. The molecule has 1 N–H and O–H groups in total. The molecule has 0 fully saturated rings. The molecular formula is C16H15NO2. The number of rotatable bonds is 2. The molecule has 0 aromatic heterocycles. The quantitative estimate of drug-likeness (QED) is 0.893. The van der Waals surface area contributed by atoms with E-state index in [9.17, 15) is 4.79 Å². The lowest BCUT2D eigenvalue weighted by molar-refractivity contribution is 0.0120. The summed E-state index contributed by atoms with van der Waals surface area (Å²) in [5.74, 6) is 0.546. The Bertz CT molecular complexity index is 609. The molecule has 0 saturated heterocycles. The molecule has 2 aromatic carbocycles. The zero-order valence-corrected chi connectivity index (χ0v) is 10.7. The lowest BCUT2D eigenvalue weighted by atomic mass is 9.97. The number of para-hydroxylation sites is 1. The van der Waals surface area contributed by atoms with Crippen LogP contribution in [-0.4, -0.2) is 5.91 Å². The summed E-state index contributed by atoms with van der Waals surface area (Å²) < 4.78 is 6.09. The van der Waals surface area contributed by atoms with E-state index < -0.39 is 5.72 Å². The van der Waals surface area contributed by atoms with E-state index >= 15 is 0 Å². The van der Waals surface area contributed by atoms with Crippen molar-refractivity contribution in [2.45, 2.75) is 19.1 Å². The topological polar surface area (TPSA) is 38.3 Å². The second-order valence-electron chi connectivity index (χ2n) is 4.60. The van der Waals surface area contributed by atoms with Crippen LogP contribution in [0.3, 0.4) is 0 Å². The summed E-state index contributed by atoms with van der Waals surface area (Å²) in [5, 5.41) is 2.99. The molecule has 0 saturated carbocycles. The van der Waals surface area contributed by atoms with E-state index in [1.807, 2.05) is 55.5 Å². The average molecular weight is 253 g/mol. The third-order valence-corrected chi connectivity index (χ3v) is 3.47. The highest BCUT2D eigenvalue weighted by Gasteiger charge is 2.39. The van der Waals surface area contributed by atoms with Crippen molar-refractivity contribution in [1.82, 2.24) is 5.32 Å². The molecule has 1 amide bonds. The zero-order valence-electron chi connectivity index (χ0n) is 10.7. The Labute approximate surface area is 112 Å². The first-order valence-electron chi connectivity index (χ1n) is 6.41. The van der Waals surface area contributed by atoms with E-state index in [4.69, 9.17) is 4.74 Å². The summed E-state index contributed by atoms with van der Waals surface area (Å²) in [4.78, 5) is 12.2. The molecule has 3 nitrogen and oxygen atoms in total. The molecule has 2 aromatic rings. The van der Waals surface area contributed by atoms with Gasteiger partial charge in [0.05, 0.1) is 5.56 Å². The maximum atomic E-state index is 12.2. The molecule has 1 heterocycles. The summed E-state index contributed by atoms with van der Waals surface area (Å²) in [5.41, 5.74) is 0.773. The second-order valence-corrected chi connectivity index (χ2v) is 4.60. The molecule has 1 atom stereocenters. The summed E-state index contributed by atoms with van der Waals surface area (Å²) in [6.07, 6.45) is 0.664. The minimum absolute atomic E-state index is 0.0902. The highest BCUT2D eigenvalue weighted by atomic mass is 16.5. The Morgan fingerprint density at radius 2 is 1.74 bits per heavy atom. The van der Waals surface area contributed by atoms with Crippen LogP contribution in [-0.2, 0) is 5.72 Å². The first-order chi connectivity index (χ1) is 9.25. The number of amides is 1. The maximum Gasteiger partial charge on any atom is 0.258 e. The Hall–Kier alpha value is -2.29. The number of benzene rings is 2. The van der Waals surface area contributed by atoms with Gasteiger partial charge in [-0.2, -0.15) is 0 Å². The van der Waals surface area contributed by atoms with Crippen LogP contribution in [0.25, 0.3) is 0 Å². The van der Waals surface area contributed by atoms with Crippen molar-refractivity contribution < 1.29 is 9.53 Å². The SMILES string of the molecule is CCC1(c2ccccc2)NC(=O)c2ccccc2O1. The number of ether oxygens (including phenoxy) is 1. The van der Waals surface area contributed by atoms with Crippen LogP contribution in [0.4, 0.5) is 0 Å². The van der Waals surface area contributed by atoms with Gasteiger partial charge in [0.1, 0.15) is 5.75 Å². The van der Waals surface area contributed by atoms with Crippen molar-refractivity contribution in [1.29, 1.82) is 0 Å². The number of carbonyl (C=O) groups is 1. The Kier molecular flexibility index (Phi) is 2.75. The van der Waals surface area contributed by atoms with Crippen LogP contribution >= 0.6 is 0 Å². The van der Waals surface area contributed by atoms with Gasteiger partial charge in [0.25, 0.3) is 5.91 Å². The molecule has 3 heteroatoms. The molecular weight excluding hydrogens is 238 g/mol. The fourth-order valence-corrected chi connectivity index (χ4v) is 2.41. The van der Waals surface area contributed by atoms with Crippen molar-refractivity contribution in [2.75, 3.05) is 0 Å². The van der Waals surface area contributed by atoms with Gasteiger partial charge in [0.15, 0.2) is 0 Å². The summed E-state index contributed by atoms with van der Waals surface area (Å²) >= 11 is 0. The van der Waals surface area contributed by atoms with E-state index in [1.165, 1.54) is 0 Å². The monoisotopic (exact) mass is 253 g/mol. The number of fused-ring (bicyclic) bond motifs is 1. The van der Waals surface area contributed by atoms with Gasteiger partial charge in [-0.05, 0) is 12.1 Å².